The Bertz CT molecular complexity index is 1120. The minimum atomic E-state index is -1.54. The first kappa shape index (κ1) is 28.6. The maximum atomic E-state index is 12.9. The molecule has 0 fully saturated rings. The Morgan fingerprint density at radius 3 is 2.25 bits per heavy atom. The first-order valence-electron chi connectivity index (χ1n) is 11.0. The molecule has 0 spiro atoms. The van der Waals surface area contributed by atoms with Gasteiger partial charge in [0.1, 0.15) is 18.1 Å². The molecule has 0 saturated carbocycles. The van der Waals surface area contributed by atoms with Crippen molar-refractivity contribution in [2.75, 3.05) is 5.75 Å². The zero-order valence-corrected chi connectivity index (χ0v) is 20.3. The van der Waals surface area contributed by atoms with Crippen LogP contribution in [0.25, 0.3) is 10.9 Å². The second-order valence-electron chi connectivity index (χ2n) is 8.21. The van der Waals surface area contributed by atoms with E-state index < -0.39 is 66.3 Å². The first-order chi connectivity index (χ1) is 16.9. The van der Waals surface area contributed by atoms with E-state index in [0.717, 1.165) is 10.9 Å². The molecule has 1 aromatic carbocycles. The van der Waals surface area contributed by atoms with Crippen LogP contribution in [0.5, 0.6) is 0 Å². The van der Waals surface area contributed by atoms with E-state index in [0.29, 0.717) is 5.56 Å². The van der Waals surface area contributed by atoms with Crippen molar-refractivity contribution in [1.29, 1.82) is 0 Å². The van der Waals surface area contributed by atoms with Crippen LogP contribution in [0.1, 0.15) is 18.9 Å². The van der Waals surface area contributed by atoms with Crippen LogP contribution < -0.4 is 27.4 Å². The molecule has 2 aromatic rings. The topological polar surface area (TPSA) is 230 Å². The number of primary amides is 1. The molecule has 0 aliphatic heterocycles. The number of aromatic amines is 1. The number of para-hydroxylation sites is 1. The standard InChI is InChI=1S/C22H30N6O7S/c1-10(29)18(28-20(32)16(9-36)27-19(31)13(23)7-17(24)30)21(33)26-15(22(34)35)6-11-8-25-14-5-3-2-4-12(11)14/h2-5,8,10,13,15-16,18,25,29,36H,6-7,9,23H2,1H3,(H2,24,30)(H,26,33)(H,27,31)(H,28,32)(H,34,35). The number of hydrogen-bond acceptors (Lipinski definition) is 8. The highest BCUT2D eigenvalue weighted by Crippen LogP contribution is 2.19. The third-order valence-electron chi connectivity index (χ3n) is 5.35. The maximum absolute atomic E-state index is 12.9. The predicted octanol–water partition coefficient (Wildman–Crippen LogP) is -2.24. The quantitative estimate of drug-likeness (QED) is 0.130. The second-order valence-corrected chi connectivity index (χ2v) is 8.58. The Hall–Kier alpha value is -3.62. The van der Waals surface area contributed by atoms with E-state index in [4.69, 9.17) is 11.5 Å². The number of aliphatic hydroxyl groups excluding tert-OH is 1. The van der Waals surface area contributed by atoms with Crippen LogP contribution >= 0.6 is 12.6 Å². The van der Waals surface area contributed by atoms with E-state index in [-0.39, 0.29) is 12.2 Å². The lowest BCUT2D eigenvalue weighted by molar-refractivity contribution is -0.143. The lowest BCUT2D eigenvalue weighted by atomic mass is 10.0. The number of carboxylic acids is 1. The Labute approximate surface area is 211 Å². The van der Waals surface area contributed by atoms with Gasteiger partial charge < -0.3 is 42.6 Å². The molecule has 1 heterocycles. The molecular weight excluding hydrogens is 492 g/mol. The van der Waals surface area contributed by atoms with Gasteiger partial charge in [0.25, 0.3) is 0 Å². The molecule has 2 rings (SSSR count). The minimum absolute atomic E-state index is 0.0569. The number of nitrogens with two attached hydrogens (primary N) is 2. The minimum Gasteiger partial charge on any atom is -0.480 e. The molecule has 5 unspecified atom stereocenters. The maximum Gasteiger partial charge on any atom is 0.326 e. The highest BCUT2D eigenvalue weighted by atomic mass is 32.1. The molecular formula is C22H30N6O7S. The molecule has 196 valence electrons. The number of amides is 4. The van der Waals surface area contributed by atoms with Gasteiger partial charge in [0.15, 0.2) is 0 Å². The number of H-pyrrole nitrogens is 1. The van der Waals surface area contributed by atoms with Gasteiger partial charge in [0, 0.05) is 29.3 Å². The Balaban J connectivity index is 2.09. The van der Waals surface area contributed by atoms with Crippen molar-refractivity contribution in [2.24, 2.45) is 11.5 Å². The zero-order chi connectivity index (χ0) is 27.0. The molecule has 14 heteroatoms. The normalized spacial score (nSPS) is 15.2. The molecule has 36 heavy (non-hydrogen) atoms. The number of aromatic nitrogens is 1. The van der Waals surface area contributed by atoms with Gasteiger partial charge in [-0.3, -0.25) is 19.2 Å². The summed E-state index contributed by atoms with van der Waals surface area (Å²) in [6.07, 6.45) is -0.273. The van der Waals surface area contributed by atoms with Crippen LogP contribution in [-0.2, 0) is 30.4 Å². The van der Waals surface area contributed by atoms with Crippen LogP contribution in [0.2, 0.25) is 0 Å². The van der Waals surface area contributed by atoms with Crippen LogP contribution in [0.4, 0.5) is 0 Å². The fraction of sp³-hybridized carbons (Fsp3) is 0.409. The monoisotopic (exact) mass is 522 g/mol. The van der Waals surface area contributed by atoms with Crippen LogP contribution in [0, 0.1) is 0 Å². The largest absolute Gasteiger partial charge is 0.480 e. The number of carbonyl (C=O) groups excluding carboxylic acids is 4. The van der Waals surface area contributed by atoms with Gasteiger partial charge in [0.2, 0.25) is 23.6 Å². The summed E-state index contributed by atoms with van der Waals surface area (Å²) in [5, 5.41) is 27.5. The summed E-state index contributed by atoms with van der Waals surface area (Å²) in [5.74, 6) is -4.99. The molecule has 0 saturated heterocycles. The molecule has 5 atom stereocenters. The van der Waals surface area contributed by atoms with E-state index in [2.05, 4.69) is 33.6 Å². The summed E-state index contributed by atoms with van der Waals surface area (Å²) in [6, 6.07) is 1.78. The van der Waals surface area contributed by atoms with Crippen molar-refractivity contribution < 1.29 is 34.2 Å². The molecule has 10 N–H and O–H groups in total. The Morgan fingerprint density at radius 2 is 1.67 bits per heavy atom. The van der Waals surface area contributed by atoms with Crippen LogP contribution in [0.15, 0.2) is 30.5 Å². The van der Waals surface area contributed by atoms with E-state index in [1.54, 1.807) is 12.3 Å². The number of carbonyl (C=O) groups is 5. The van der Waals surface area contributed by atoms with Crippen molar-refractivity contribution in [3.05, 3.63) is 36.0 Å². The van der Waals surface area contributed by atoms with E-state index in [9.17, 15) is 34.2 Å². The number of carboxylic acid groups (broad SMARTS) is 1. The van der Waals surface area contributed by atoms with Gasteiger partial charge in [0.05, 0.1) is 18.6 Å². The second kappa shape index (κ2) is 12.9. The molecule has 0 aliphatic carbocycles. The van der Waals surface area contributed by atoms with Crippen molar-refractivity contribution >= 4 is 53.1 Å². The number of rotatable bonds is 13. The highest BCUT2D eigenvalue weighted by Gasteiger charge is 2.32. The summed E-state index contributed by atoms with van der Waals surface area (Å²) < 4.78 is 0. The van der Waals surface area contributed by atoms with Gasteiger partial charge in [-0.05, 0) is 18.6 Å². The van der Waals surface area contributed by atoms with Crippen LogP contribution in [-0.4, -0.2) is 80.8 Å². The number of nitrogens with one attached hydrogen (secondary N) is 4. The number of fused-ring (bicyclic) bond motifs is 1. The molecule has 13 nitrogen and oxygen atoms in total. The lowest BCUT2D eigenvalue weighted by Crippen LogP contribution is -2.60. The number of benzene rings is 1. The Kier molecular flexibility index (Phi) is 10.3. The average molecular weight is 523 g/mol. The predicted molar refractivity (Wildman–Crippen MR) is 133 cm³/mol. The van der Waals surface area contributed by atoms with Crippen molar-refractivity contribution in [3.8, 4) is 0 Å². The molecule has 0 bridgehead atoms. The summed E-state index contributed by atoms with van der Waals surface area (Å²) in [5.41, 5.74) is 12.0. The first-order valence-corrected chi connectivity index (χ1v) is 11.6. The fourth-order valence-corrected chi connectivity index (χ4v) is 3.68. The number of thiol groups is 1. The average Bonchev–Trinajstić information content (AvgIpc) is 3.22. The van der Waals surface area contributed by atoms with Gasteiger partial charge in [-0.2, -0.15) is 12.6 Å². The number of hydrogen-bond donors (Lipinski definition) is 9. The third kappa shape index (κ3) is 7.69. The SMILES string of the molecule is CC(O)C(NC(=O)C(CS)NC(=O)C(N)CC(N)=O)C(=O)NC(Cc1c[nH]c2ccccc12)C(=O)O. The van der Waals surface area contributed by atoms with Crippen molar-refractivity contribution in [3.63, 3.8) is 0 Å². The van der Waals surface area contributed by atoms with E-state index >= 15 is 0 Å². The van der Waals surface area contributed by atoms with Gasteiger partial charge in [-0.15, -0.1) is 0 Å². The summed E-state index contributed by atoms with van der Waals surface area (Å²) in [6.45, 7) is 1.23. The Morgan fingerprint density at radius 1 is 1.03 bits per heavy atom. The van der Waals surface area contributed by atoms with E-state index in [1.807, 2.05) is 18.2 Å². The van der Waals surface area contributed by atoms with Gasteiger partial charge in [-0.1, -0.05) is 18.2 Å². The molecule has 0 aliphatic rings. The highest BCUT2D eigenvalue weighted by molar-refractivity contribution is 7.80. The fourth-order valence-electron chi connectivity index (χ4n) is 3.42. The zero-order valence-electron chi connectivity index (χ0n) is 19.4. The van der Waals surface area contributed by atoms with Crippen molar-refractivity contribution in [2.45, 2.75) is 50.0 Å². The lowest BCUT2D eigenvalue weighted by Gasteiger charge is -2.26. The van der Waals surface area contributed by atoms with Gasteiger partial charge in [-0.25, -0.2) is 4.79 Å². The smallest absolute Gasteiger partial charge is 0.326 e. The molecule has 4 amide bonds. The third-order valence-corrected chi connectivity index (χ3v) is 5.71. The van der Waals surface area contributed by atoms with E-state index in [1.165, 1.54) is 6.92 Å². The summed E-state index contributed by atoms with van der Waals surface area (Å²) in [4.78, 5) is 63.5. The summed E-state index contributed by atoms with van der Waals surface area (Å²) in [7, 11) is 0. The van der Waals surface area contributed by atoms with Crippen molar-refractivity contribution in [1.82, 2.24) is 20.9 Å². The summed E-state index contributed by atoms with van der Waals surface area (Å²) >= 11 is 4.00. The van der Waals surface area contributed by atoms with Crippen LogP contribution in [0.3, 0.4) is 0 Å². The molecule has 1 aromatic heterocycles. The molecule has 0 radical (unpaired) electrons. The number of aliphatic carboxylic acids is 1. The number of aliphatic hydroxyl groups is 1. The van der Waals surface area contributed by atoms with Gasteiger partial charge >= 0.3 is 5.97 Å².